The van der Waals surface area contributed by atoms with Crippen molar-refractivity contribution >= 4 is 11.5 Å². The number of aromatic nitrogens is 4. The van der Waals surface area contributed by atoms with Gasteiger partial charge in [0.1, 0.15) is 12.5 Å². The van der Waals surface area contributed by atoms with Crippen molar-refractivity contribution in [3.63, 3.8) is 0 Å². The molecule has 1 fully saturated rings. The van der Waals surface area contributed by atoms with E-state index in [4.69, 9.17) is 0 Å². The van der Waals surface area contributed by atoms with Gasteiger partial charge in [-0.05, 0) is 24.8 Å². The number of hydrogen-bond acceptors (Lipinski definition) is 6. The summed E-state index contributed by atoms with van der Waals surface area (Å²) in [5.41, 5.74) is 2.20. The van der Waals surface area contributed by atoms with Crippen LogP contribution in [0.1, 0.15) is 49.9 Å². The predicted molar refractivity (Wildman–Crippen MR) is 85.6 cm³/mol. The molecule has 0 atom stereocenters. The van der Waals surface area contributed by atoms with Gasteiger partial charge in [0.25, 0.3) is 0 Å². The third kappa shape index (κ3) is 3.15. The van der Waals surface area contributed by atoms with E-state index in [-0.39, 0.29) is 5.69 Å². The Balaban J connectivity index is 1.70. The summed E-state index contributed by atoms with van der Waals surface area (Å²) in [5.74, 6) is 1.23. The van der Waals surface area contributed by atoms with E-state index in [9.17, 15) is 10.1 Å². The van der Waals surface area contributed by atoms with Gasteiger partial charge >= 0.3 is 5.69 Å². The Hall–Kier alpha value is -2.51. The number of piperidine rings is 1. The summed E-state index contributed by atoms with van der Waals surface area (Å²) in [7, 11) is 0. The lowest BCUT2D eigenvalue weighted by Gasteiger charge is -2.31. The summed E-state index contributed by atoms with van der Waals surface area (Å²) < 4.78 is 0. The highest BCUT2D eigenvalue weighted by Crippen LogP contribution is 2.32. The van der Waals surface area contributed by atoms with Gasteiger partial charge in [-0.15, -0.1) is 0 Å². The standard InChI is InChI=1S/C15H20N6O2/c1-10(2)12-7-13(19-18-12)11-3-5-20(6-4-11)15-14(21(22)23)8-16-9-17-15/h7-11H,3-6H2,1-2H3,(H,18,19). The van der Waals surface area contributed by atoms with Gasteiger partial charge in [-0.3, -0.25) is 15.2 Å². The molecule has 3 heterocycles. The van der Waals surface area contributed by atoms with Crippen LogP contribution in [0.3, 0.4) is 0 Å². The molecule has 0 saturated carbocycles. The van der Waals surface area contributed by atoms with E-state index in [1.807, 2.05) is 4.90 Å². The van der Waals surface area contributed by atoms with Crippen LogP contribution in [0.25, 0.3) is 0 Å². The van der Waals surface area contributed by atoms with Crippen LogP contribution in [0.4, 0.5) is 11.5 Å². The van der Waals surface area contributed by atoms with Gasteiger partial charge in [0.05, 0.1) is 10.6 Å². The van der Waals surface area contributed by atoms with Crippen LogP contribution in [0.15, 0.2) is 18.6 Å². The first-order valence-electron chi connectivity index (χ1n) is 7.80. The summed E-state index contributed by atoms with van der Waals surface area (Å²) in [6, 6.07) is 2.14. The van der Waals surface area contributed by atoms with Crippen molar-refractivity contribution in [3.8, 4) is 0 Å². The minimum atomic E-state index is -0.425. The summed E-state index contributed by atoms with van der Waals surface area (Å²) in [6.45, 7) is 5.71. The first-order valence-corrected chi connectivity index (χ1v) is 7.80. The molecular weight excluding hydrogens is 296 g/mol. The fourth-order valence-corrected chi connectivity index (χ4v) is 2.95. The lowest BCUT2D eigenvalue weighted by Crippen LogP contribution is -2.34. The molecule has 0 unspecified atom stereocenters. The van der Waals surface area contributed by atoms with Crippen molar-refractivity contribution in [2.24, 2.45) is 0 Å². The second kappa shape index (κ2) is 6.31. The Bertz CT molecular complexity index is 691. The van der Waals surface area contributed by atoms with Gasteiger partial charge in [0.15, 0.2) is 0 Å². The highest BCUT2D eigenvalue weighted by Gasteiger charge is 2.27. The average Bonchev–Trinajstić information content (AvgIpc) is 3.05. The van der Waals surface area contributed by atoms with Gasteiger partial charge in [0.2, 0.25) is 5.82 Å². The van der Waals surface area contributed by atoms with Crippen LogP contribution in [-0.2, 0) is 0 Å². The molecule has 1 saturated heterocycles. The summed E-state index contributed by atoms with van der Waals surface area (Å²) in [4.78, 5) is 20.5. The van der Waals surface area contributed by atoms with Crippen molar-refractivity contribution < 1.29 is 4.92 Å². The lowest BCUT2D eigenvalue weighted by molar-refractivity contribution is -0.384. The molecule has 0 aromatic carbocycles. The van der Waals surface area contributed by atoms with Crippen molar-refractivity contribution in [2.45, 2.75) is 38.5 Å². The second-order valence-electron chi connectivity index (χ2n) is 6.15. The minimum Gasteiger partial charge on any atom is -0.351 e. The SMILES string of the molecule is CC(C)c1cc(C2CCN(c3ncncc3[N+](=O)[O-])CC2)[nH]n1. The predicted octanol–water partition coefficient (Wildman–Crippen LogP) is 2.62. The number of hydrogen-bond donors (Lipinski definition) is 1. The van der Waals surface area contributed by atoms with Crippen molar-refractivity contribution in [2.75, 3.05) is 18.0 Å². The Labute approximate surface area is 134 Å². The van der Waals surface area contributed by atoms with Crippen LogP contribution in [0.5, 0.6) is 0 Å². The van der Waals surface area contributed by atoms with E-state index in [2.05, 4.69) is 40.1 Å². The van der Waals surface area contributed by atoms with Crippen molar-refractivity contribution in [1.82, 2.24) is 20.2 Å². The molecular formula is C15H20N6O2. The van der Waals surface area contributed by atoms with E-state index < -0.39 is 4.92 Å². The van der Waals surface area contributed by atoms with Crippen LogP contribution in [0.2, 0.25) is 0 Å². The van der Waals surface area contributed by atoms with Crippen LogP contribution in [0, 0.1) is 10.1 Å². The number of nitro groups is 1. The number of aromatic amines is 1. The molecule has 0 radical (unpaired) electrons. The van der Waals surface area contributed by atoms with E-state index in [0.29, 0.717) is 17.7 Å². The van der Waals surface area contributed by atoms with Crippen LogP contribution < -0.4 is 4.90 Å². The molecule has 122 valence electrons. The van der Waals surface area contributed by atoms with E-state index in [0.717, 1.165) is 37.3 Å². The van der Waals surface area contributed by atoms with Gasteiger partial charge < -0.3 is 4.90 Å². The maximum atomic E-state index is 11.1. The van der Waals surface area contributed by atoms with E-state index in [1.54, 1.807) is 0 Å². The number of anilines is 1. The molecule has 0 amide bonds. The maximum absolute atomic E-state index is 11.1. The van der Waals surface area contributed by atoms with Crippen molar-refractivity contribution in [3.05, 3.63) is 40.1 Å². The highest BCUT2D eigenvalue weighted by atomic mass is 16.6. The second-order valence-corrected chi connectivity index (χ2v) is 6.15. The van der Waals surface area contributed by atoms with Gasteiger partial charge in [-0.2, -0.15) is 5.10 Å². The molecule has 2 aromatic rings. The number of nitrogens with zero attached hydrogens (tertiary/aromatic N) is 5. The summed E-state index contributed by atoms with van der Waals surface area (Å²) in [5, 5.41) is 18.6. The molecule has 0 spiro atoms. The first-order chi connectivity index (χ1) is 11.1. The molecule has 23 heavy (non-hydrogen) atoms. The van der Waals surface area contributed by atoms with Crippen LogP contribution >= 0.6 is 0 Å². The third-order valence-electron chi connectivity index (χ3n) is 4.31. The van der Waals surface area contributed by atoms with Crippen LogP contribution in [-0.4, -0.2) is 38.2 Å². The topological polar surface area (TPSA) is 101 Å². The Morgan fingerprint density at radius 3 is 2.74 bits per heavy atom. The fourth-order valence-electron chi connectivity index (χ4n) is 2.95. The quantitative estimate of drug-likeness (QED) is 0.687. The zero-order valence-electron chi connectivity index (χ0n) is 13.3. The first kappa shape index (κ1) is 15.4. The van der Waals surface area contributed by atoms with Gasteiger partial charge in [-0.25, -0.2) is 9.97 Å². The number of rotatable bonds is 4. The smallest absolute Gasteiger partial charge is 0.329 e. The number of H-pyrrole nitrogens is 1. The van der Waals surface area contributed by atoms with E-state index >= 15 is 0 Å². The molecule has 8 heteroatoms. The molecule has 1 aliphatic rings. The van der Waals surface area contributed by atoms with Gasteiger partial charge in [-0.1, -0.05) is 13.8 Å². The largest absolute Gasteiger partial charge is 0.351 e. The molecule has 3 rings (SSSR count). The fraction of sp³-hybridized carbons (Fsp3) is 0.533. The molecule has 1 N–H and O–H groups in total. The van der Waals surface area contributed by atoms with E-state index in [1.165, 1.54) is 12.5 Å². The molecule has 0 bridgehead atoms. The zero-order valence-corrected chi connectivity index (χ0v) is 13.3. The third-order valence-corrected chi connectivity index (χ3v) is 4.31. The Kier molecular flexibility index (Phi) is 4.22. The summed E-state index contributed by atoms with van der Waals surface area (Å²) in [6.07, 6.45) is 4.46. The molecule has 2 aromatic heterocycles. The Morgan fingerprint density at radius 2 is 2.13 bits per heavy atom. The number of nitrogens with one attached hydrogen (secondary N) is 1. The maximum Gasteiger partial charge on any atom is 0.329 e. The normalized spacial score (nSPS) is 16.0. The Morgan fingerprint density at radius 1 is 1.39 bits per heavy atom. The monoisotopic (exact) mass is 316 g/mol. The molecule has 1 aliphatic heterocycles. The average molecular weight is 316 g/mol. The van der Waals surface area contributed by atoms with Crippen molar-refractivity contribution in [1.29, 1.82) is 0 Å². The molecule has 8 nitrogen and oxygen atoms in total. The molecule has 0 aliphatic carbocycles. The highest BCUT2D eigenvalue weighted by molar-refractivity contribution is 5.56. The van der Waals surface area contributed by atoms with Gasteiger partial charge in [0, 0.05) is 24.7 Å². The minimum absolute atomic E-state index is 0.0328. The summed E-state index contributed by atoms with van der Waals surface area (Å²) >= 11 is 0. The zero-order chi connectivity index (χ0) is 16.4. The lowest BCUT2D eigenvalue weighted by atomic mass is 9.93.